The molecule has 1 fully saturated rings. The van der Waals surface area contributed by atoms with Gasteiger partial charge in [0.05, 0.1) is 6.54 Å². The third kappa shape index (κ3) is 6.92. The van der Waals surface area contributed by atoms with Crippen LogP contribution in [0.25, 0.3) is 0 Å². The highest BCUT2D eigenvalue weighted by molar-refractivity contribution is 5.92. The van der Waals surface area contributed by atoms with E-state index in [0.717, 1.165) is 45.0 Å². The number of rotatable bonds is 9. The fourth-order valence-corrected chi connectivity index (χ4v) is 4.39. The minimum absolute atomic E-state index is 0.0203. The highest BCUT2D eigenvalue weighted by Crippen LogP contribution is 2.20. The van der Waals surface area contributed by atoms with Gasteiger partial charge in [0.25, 0.3) is 0 Å². The first-order chi connectivity index (χ1) is 16.6. The zero-order chi connectivity index (χ0) is 23.8. The van der Waals surface area contributed by atoms with Gasteiger partial charge in [0.1, 0.15) is 0 Å². The summed E-state index contributed by atoms with van der Waals surface area (Å²) in [5.74, 6) is 0.0203. The van der Waals surface area contributed by atoms with Crippen molar-refractivity contribution in [3.8, 4) is 0 Å². The van der Waals surface area contributed by atoms with Gasteiger partial charge in [-0.05, 0) is 49.2 Å². The molecule has 3 aromatic rings. The maximum absolute atomic E-state index is 12.7. The van der Waals surface area contributed by atoms with Crippen LogP contribution in [0.15, 0.2) is 84.9 Å². The lowest BCUT2D eigenvalue weighted by Gasteiger charge is -2.36. The van der Waals surface area contributed by atoms with Crippen LogP contribution in [0.1, 0.15) is 25.0 Å². The number of piperazine rings is 1. The SMILES string of the molecule is CC(C)N(CC(=O)Nc1ccc(N2CCN(Cc3ccccc3)CC2)cc1)Cc1ccccc1. The molecule has 0 saturated carbocycles. The second-order valence-corrected chi connectivity index (χ2v) is 9.33. The summed E-state index contributed by atoms with van der Waals surface area (Å²) >= 11 is 0. The quantitative estimate of drug-likeness (QED) is 0.499. The fraction of sp³-hybridized carbons (Fsp3) is 0.345. The number of hydrogen-bond acceptors (Lipinski definition) is 4. The van der Waals surface area contributed by atoms with E-state index in [4.69, 9.17) is 0 Å². The van der Waals surface area contributed by atoms with Gasteiger partial charge in [-0.15, -0.1) is 0 Å². The van der Waals surface area contributed by atoms with E-state index >= 15 is 0 Å². The van der Waals surface area contributed by atoms with Crippen LogP contribution in [0.4, 0.5) is 11.4 Å². The van der Waals surface area contributed by atoms with E-state index in [-0.39, 0.29) is 11.9 Å². The van der Waals surface area contributed by atoms with E-state index in [1.165, 1.54) is 16.8 Å². The third-order valence-electron chi connectivity index (χ3n) is 6.44. The topological polar surface area (TPSA) is 38.8 Å². The second kappa shape index (κ2) is 11.8. The van der Waals surface area contributed by atoms with Crippen molar-refractivity contribution in [2.45, 2.75) is 33.0 Å². The van der Waals surface area contributed by atoms with E-state index in [1.807, 2.05) is 30.3 Å². The summed E-state index contributed by atoms with van der Waals surface area (Å²) in [5.41, 5.74) is 4.65. The first-order valence-corrected chi connectivity index (χ1v) is 12.3. The average molecular weight is 457 g/mol. The zero-order valence-corrected chi connectivity index (χ0v) is 20.4. The molecule has 5 nitrogen and oxygen atoms in total. The summed E-state index contributed by atoms with van der Waals surface area (Å²) in [5, 5.41) is 3.07. The number of nitrogens with zero attached hydrogens (tertiary/aromatic N) is 3. The van der Waals surface area contributed by atoms with Gasteiger partial charge in [0.15, 0.2) is 0 Å². The van der Waals surface area contributed by atoms with Gasteiger partial charge >= 0.3 is 0 Å². The number of anilines is 2. The van der Waals surface area contributed by atoms with Crippen LogP contribution in [0.2, 0.25) is 0 Å². The number of amides is 1. The van der Waals surface area contributed by atoms with Gasteiger partial charge in [-0.3, -0.25) is 14.6 Å². The maximum atomic E-state index is 12.7. The number of carbonyl (C=O) groups is 1. The summed E-state index contributed by atoms with van der Waals surface area (Å²) in [6.45, 7) is 10.5. The molecule has 1 heterocycles. The molecule has 34 heavy (non-hydrogen) atoms. The van der Waals surface area contributed by atoms with Crippen LogP contribution in [-0.4, -0.2) is 54.5 Å². The summed E-state index contributed by atoms with van der Waals surface area (Å²) in [6.07, 6.45) is 0. The molecule has 3 aromatic carbocycles. The molecule has 178 valence electrons. The van der Waals surface area contributed by atoms with Crippen LogP contribution in [0.5, 0.6) is 0 Å². The first kappa shape index (κ1) is 24.0. The molecule has 0 unspecified atom stereocenters. The van der Waals surface area contributed by atoms with E-state index in [0.29, 0.717) is 6.54 Å². The lowest BCUT2D eigenvalue weighted by molar-refractivity contribution is -0.117. The average Bonchev–Trinajstić information content (AvgIpc) is 2.86. The van der Waals surface area contributed by atoms with Gasteiger partial charge in [0, 0.05) is 56.7 Å². The number of benzene rings is 3. The van der Waals surface area contributed by atoms with E-state index in [9.17, 15) is 4.79 Å². The lowest BCUT2D eigenvalue weighted by atomic mass is 10.2. The third-order valence-corrected chi connectivity index (χ3v) is 6.44. The minimum atomic E-state index is 0.0203. The van der Waals surface area contributed by atoms with E-state index < -0.39 is 0 Å². The maximum Gasteiger partial charge on any atom is 0.238 e. The van der Waals surface area contributed by atoms with Crippen molar-refractivity contribution in [1.29, 1.82) is 0 Å². The normalized spacial score (nSPS) is 14.5. The molecule has 0 radical (unpaired) electrons. The predicted molar refractivity (Wildman–Crippen MR) is 141 cm³/mol. The van der Waals surface area contributed by atoms with Crippen molar-refractivity contribution in [2.75, 3.05) is 42.9 Å². The molecule has 0 aromatic heterocycles. The second-order valence-electron chi connectivity index (χ2n) is 9.33. The van der Waals surface area contributed by atoms with Crippen molar-refractivity contribution in [1.82, 2.24) is 9.80 Å². The van der Waals surface area contributed by atoms with Crippen molar-refractivity contribution >= 4 is 17.3 Å². The first-order valence-electron chi connectivity index (χ1n) is 12.3. The Morgan fingerprint density at radius 2 is 1.41 bits per heavy atom. The molecule has 1 N–H and O–H groups in total. The van der Waals surface area contributed by atoms with Crippen molar-refractivity contribution in [3.63, 3.8) is 0 Å². The molecule has 1 aliphatic rings. The fourth-order valence-electron chi connectivity index (χ4n) is 4.39. The summed E-state index contributed by atoms with van der Waals surface area (Å²) < 4.78 is 0. The van der Waals surface area contributed by atoms with Crippen LogP contribution < -0.4 is 10.2 Å². The molecule has 1 saturated heterocycles. The Labute approximate surface area is 204 Å². The molecule has 0 bridgehead atoms. The standard InChI is InChI=1S/C29H36N4O/c1-24(2)33(22-26-11-7-4-8-12-26)23-29(34)30-27-13-15-28(16-14-27)32-19-17-31(18-20-32)21-25-9-5-3-6-10-25/h3-16,24H,17-23H2,1-2H3,(H,30,34). The van der Waals surface area contributed by atoms with E-state index in [2.05, 4.69) is 88.5 Å². The smallest absolute Gasteiger partial charge is 0.238 e. The zero-order valence-electron chi connectivity index (χ0n) is 20.4. The minimum Gasteiger partial charge on any atom is -0.369 e. The monoisotopic (exact) mass is 456 g/mol. The highest BCUT2D eigenvalue weighted by Gasteiger charge is 2.18. The number of nitrogens with one attached hydrogen (secondary N) is 1. The van der Waals surface area contributed by atoms with E-state index in [1.54, 1.807) is 0 Å². The molecule has 1 amide bonds. The molecular weight excluding hydrogens is 420 g/mol. The summed E-state index contributed by atoms with van der Waals surface area (Å²) in [6, 6.07) is 29.5. The molecule has 0 aliphatic carbocycles. The van der Waals surface area contributed by atoms with Crippen LogP contribution in [-0.2, 0) is 17.9 Å². The van der Waals surface area contributed by atoms with Crippen molar-refractivity contribution in [2.24, 2.45) is 0 Å². The number of hydrogen-bond donors (Lipinski definition) is 1. The highest BCUT2D eigenvalue weighted by atomic mass is 16.2. The lowest BCUT2D eigenvalue weighted by Crippen LogP contribution is -2.45. The predicted octanol–water partition coefficient (Wildman–Crippen LogP) is 4.86. The molecule has 1 aliphatic heterocycles. The molecular formula is C29H36N4O. The Morgan fingerprint density at radius 3 is 2.00 bits per heavy atom. The van der Waals surface area contributed by atoms with Crippen molar-refractivity contribution < 1.29 is 4.79 Å². The Hall–Kier alpha value is -3.15. The van der Waals surface area contributed by atoms with Crippen LogP contribution >= 0.6 is 0 Å². The van der Waals surface area contributed by atoms with Crippen molar-refractivity contribution in [3.05, 3.63) is 96.1 Å². The van der Waals surface area contributed by atoms with Gasteiger partial charge in [-0.25, -0.2) is 0 Å². The molecule has 4 rings (SSSR count). The van der Waals surface area contributed by atoms with Gasteiger partial charge < -0.3 is 10.2 Å². The van der Waals surface area contributed by atoms with Gasteiger partial charge in [-0.2, -0.15) is 0 Å². The van der Waals surface area contributed by atoms with Crippen LogP contribution in [0.3, 0.4) is 0 Å². The molecule has 0 atom stereocenters. The molecule has 5 heteroatoms. The summed E-state index contributed by atoms with van der Waals surface area (Å²) in [4.78, 5) is 19.8. The molecule has 0 spiro atoms. The largest absolute Gasteiger partial charge is 0.369 e. The Kier molecular flexibility index (Phi) is 8.34. The van der Waals surface area contributed by atoms with Crippen LogP contribution in [0, 0.1) is 0 Å². The number of carbonyl (C=O) groups excluding carboxylic acids is 1. The Balaban J connectivity index is 1.26. The van der Waals surface area contributed by atoms with Gasteiger partial charge in [-0.1, -0.05) is 60.7 Å². The Morgan fingerprint density at radius 1 is 0.824 bits per heavy atom. The van der Waals surface area contributed by atoms with Gasteiger partial charge in [0.2, 0.25) is 5.91 Å². The Bertz CT molecular complexity index is 1010. The summed E-state index contributed by atoms with van der Waals surface area (Å²) in [7, 11) is 0.